The largest absolute Gasteiger partial charge is 0.491 e. The molecule has 0 aliphatic carbocycles. The number of thioether (sulfide) groups is 2. The number of rotatable bonds is 7. The highest BCUT2D eigenvalue weighted by atomic mass is 32.2. The first-order chi connectivity index (χ1) is 13.6. The number of hydrogen-bond acceptors (Lipinski definition) is 6. The maximum Gasteiger partial charge on any atom is 0.339 e. The van der Waals surface area contributed by atoms with Crippen molar-refractivity contribution in [3.63, 3.8) is 0 Å². The van der Waals surface area contributed by atoms with E-state index < -0.39 is 0 Å². The molecule has 1 aliphatic rings. The molecule has 6 heteroatoms. The Morgan fingerprint density at radius 1 is 1.32 bits per heavy atom. The molecule has 0 unspecified atom stereocenters. The van der Waals surface area contributed by atoms with Gasteiger partial charge in [-0.05, 0) is 43.1 Å². The number of benzene rings is 2. The van der Waals surface area contributed by atoms with Crippen LogP contribution in [0.1, 0.15) is 22.8 Å². The van der Waals surface area contributed by atoms with E-state index in [0.29, 0.717) is 24.1 Å². The number of para-hydroxylation sites is 1. The van der Waals surface area contributed by atoms with E-state index >= 15 is 0 Å². The summed E-state index contributed by atoms with van der Waals surface area (Å²) in [5.41, 5.74) is 1.64. The van der Waals surface area contributed by atoms with Crippen LogP contribution >= 0.6 is 23.5 Å². The van der Waals surface area contributed by atoms with Gasteiger partial charge in [0.05, 0.1) is 18.7 Å². The molecule has 3 rings (SSSR count). The Morgan fingerprint density at radius 2 is 2.14 bits per heavy atom. The lowest BCUT2D eigenvalue weighted by Gasteiger charge is -2.19. The van der Waals surface area contributed by atoms with Gasteiger partial charge in [-0.25, -0.2) is 4.79 Å². The Balaban J connectivity index is 1.49. The Kier molecular flexibility index (Phi) is 7.71. The standard InChI is InChI=1S/C22H27NO3S2/c1-15(13-27-20-10-6-7-16(2)21(20)22(24)25-3)11-23-17-12-26-18-8-4-5-9-19(18)28-14-17/h4-10,15,17,23H,11-14H2,1-3H3/t15-,17+/m0/s1. The van der Waals surface area contributed by atoms with Crippen LogP contribution in [0, 0.1) is 12.8 Å². The molecule has 0 aromatic heterocycles. The van der Waals surface area contributed by atoms with E-state index in [1.165, 1.54) is 12.0 Å². The summed E-state index contributed by atoms with van der Waals surface area (Å²) < 4.78 is 10.9. The molecule has 0 saturated carbocycles. The predicted octanol–water partition coefficient (Wildman–Crippen LogP) is 4.65. The second kappa shape index (κ2) is 10.2. The SMILES string of the molecule is COC(=O)c1c(C)cccc1SC[C@@H](C)CN[C@@H]1COc2ccccc2SC1. The second-order valence-corrected chi connectivity index (χ2v) is 9.15. The molecular weight excluding hydrogens is 390 g/mol. The molecule has 0 fully saturated rings. The first kappa shape index (κ1) is 21.1. The summed E-state index contributed by atoms with van der Waals surface area (Å²) in [6, 6.07) is 14.5. The Morgan fingerprint density at radius 3 is 2.96 bits per heavy atom. The van der Waals surface area contributed by atoms with Crippen molar-refractivity contribution in [2.24, 2.45) is 5.92 Å². The number of ether oxygens (including phenoxy) is 2. The minimum atomic E-state index is -0.265. The Labute approximate surface area is 175 Å². The minimum Gasteiger partial charge on any atom is -0.491 e. The van der Waals surface area contributed by atoms with Gasteiger partial charge in [-0.15, -0.1) is 23.5 Å². The van der Waals surface area contributed by atoms with Gasteiger partial charge in [-0.1, -0.05) is 31.2 Å². The van der Waals surface area contributed by atoms with Crippen LogP contribution in [-0.2, 0) is 4.74 Å². The fourth-order valence-electron chi connectivity index (χ4n) is 3.02. The summed E-state index contributed by atoms with van der Waals surface area (Å²) in [6.07, 6.45) is 0. The van der Waals surface area contributed by atoms with E-state index in [1.54, 1.807) is 11.8 Å². The smallest absolute Gasteiger partial charge is 0.339 e. The molecular formula is C22H27NO3S2. The van der Waals surface area contributed by atoms with Gasteiger partial charge in [0.25, 0.3) is 0 Å². The van der Waals surface area contributed by atoms with Crippen molar-refractivity contribution in [1.29, 1.82) is 0 Å². The molecule has 0 saturated heterocycles. The summed E-state index contributed by atoms with van der Waals surface area (Å²) in [5, 5.41) is 3.64. The highest BCUT2D eigenvalue weighted by Gasteiger charge is 2.19. The first-order valence-electron chi connectivity index (χ1n) is 9.47. The van der Waals surface area contributed by atoms with Crippen molar-refractivity contribution in [2.45, 2.75) is 29.7 Å². The molecule has 2 atom stereocenters. The third-order valence-electron chi connectivity index (χ3n) is 4.63. The van der Waals surface area contributed by atoms with Gasteiger partial charge < -0.3 is 14.8 Å². The van der Waals surface area contributed by atoms with Gasteiger partial charge in [0, 0.05) is 21.3 Å². The molecule has 1 heterocycles. The third-order valence-corrected chi connectivity index (χ3v) is 7.24. The van der Waals surface area contributed by atoms with E-state index in [1.807, 2.05) is 49.0 Å². The van der Waals surface area contributed by atoms with Crippen molar-refractivity contribution in [3.05, 3.63) is 53.6 Å². The molecule has 1 N–H and O–H groups in total. The number of hydrogen-bond donors (Lipinski definition) is 1. The fraction of sp³-hybridized carbons (Fsp3) is 0.409. The summed E-state index contributed by atoms with van der Waals surface area (Å²) in [4.78, 5) is 14.3. The van der Waals surface area contributed by atoms with Crippen molar-refractivity contribution in [2.75, 3.05) is 31.8 Å². The van der Waals surface area contributed by atoms with Gasteiger partial charge in [0.1, 0.15) is 12.4 Å². The zero-order chi connectivity index (χ0) is 19.9. The van der Waals surface area contributed by atoms with Gasteiger partial charge in [0.15, 0.2) is 0 Å². The van der Waals surface area contributed by atoms with Crippen LogP contribution in [0.15, 0.2) is 52.3 Å². The van der Waals surface area contributed by atoms with Crippen molar-refractivity contribution < 1.29 is 14.3 Å². The molecule has 1 aliphatic heterocycles. The number of fused-ring (bicyclic) bond motifs is 1. The van der Waals surface area contributed by atoms with E-state index in [-0.39, 0.29) is 5.97 Å². The molecule has 0 spiro atoms. The summed E-state index contributed by atoms with van der Waals surface area (Å²) in [5.74, 6) is 3.11. The van der Waals surface area contributed by atoms with Gasteiger partial charge in [-0.3, -0.25) is 0 Å². The number of esters is 1. The van der Waals surface area contributed by atoms with Crippen LogP contribution in [0.4, 0.5) is 0 Å². The Bertz CT molecular complexity index is 785. The topological polar surface area (TPSA) is 47.6 Å². The zero-order valence-corrected chi connectivity index (χ0v) is 18.2. The Hall–Kier alpha value is -1.63. The minimum absolute atomic E-state index is 0.265. The molecule has 0 bridgehead atoms. The van der Waals surface area contributed by atoms with Crippen LogP contribution < -0.4 is 10.1 Å². The van der Waals surface area contributed by atoms with E-state index in [9.17, 15) is 4.79 Å². The van der Waals surface area contributed by atoms with Crippen LogP contribution in [0.5, 0.6) is 5.75 Å². The van der Waals surface area contributed by atoms with Crippen LogP contribution in [-0.4, -0.2) is 43.8 Å². The molecule has 4 nitrogen and oxygen atoms in total. The van der Waals surface area contributed by atoms with Crippen molar-refractivity contribution in [1.82, 2.24) is 5.32 Å². The molecule has 2 aromatic rings. The normalized spacial score (nSPS) is 17.2. The van der Waals surface area contributed by atoms with E-state index in [0.717, 1.165) is 34.3 Å². The van der Waals surface area contributed by atoms with Gasteiger partial charge in [0.2, 0.25) is 0 Å². The molecule has 0 amide bonds. The number of nitrogens with one attached hydrogen (secondary N) is 1. The highest BCUT2D eigenvalue weighted by Crippen LogP contribution is 2.32. The lowest BCUT2D eigenvalue weighted by molar-refractivity contribution is 0.0596. The molecule has 2 aromatic carbocycles. The third kappa shape index (κ3) is 5.46. The summed E-state index contributed by atoms with van der Waals surface area (Å²) in [6.45, 7) is 5.78. The van der Waals surface area contributed by atoms with Crippen LogP contribution in [0.25, 0.3) is 0 Å². The average Bonchev–Trinajstić information content (AvgIpc) is 2.92. The summed E-state index contributed by atoms with van der Waals surface area (Å²) >= 11 is 3.56. The number of aryl methyl sites for hydroxylation is 1. The van der Waals surface area contributed by atoms with Crippen molar-refractivity contribution in [3.8, 4) is 5.75 Å². The van der Waals surface area contributed by atoms with E-state index in [2.05, 4.69) is 24.4 Å². The number of carbonyl (C=O) groups is 1. The van der Waals surface area contributed by atoms with Crippen LogP contribution in [0.2, 0.25) is 0 Å². The fourth-order valence-corrected chi connectivity index (χ4v) is 5.20. The lowest BCUT2D eigenvalue weighted by Crippen LogP contribution is -2.39. The lowest BCUT2D eigenvalue weighted by atomic mass is 10.1. The second-order valence-electron chi connectivity index (χ2n) is 7.03. The van der Waals surface area contributed by atoms with Crippen molar-refractivity contribution >= 4 is 29.5 Å². The maximum atomic E-state index is 12.1. The highest BCUT2D eigenvalue weighted by molar-refractivity contribution is 7.99. The predicted molar refractivity (Wildman–Crippen MR) is 117 cm³/mol. The summed E-state index contributed by atoms with van der Waals surface area (Å²) in [7, 11) is 1.43. The monoisotopic (exact) mass is 417 g/mol. The quantitative estimate of drug-likeness (QED) is 0.523. The van der Waals surface area contributed by atoms with Gasteiger partial charge in [-0.2, -0.15) is 0 Å². The molecule has 0 radical (unpaired) electrons. The number of methoxy groups -OCH3 is 1. The molecule has 150 valence electrons. The zero-order valence-electron chi connectivity index (χ0n) is 16.6. The average molecular weight is 418 g/mol. The molecule has 28 heavy (non-hydrogen) atoms. The van der Waals surface area contributed by atoms with Crippen LogP contribution in [0.3, 0.4) is 0 Å². The maximum absolute atomic E-state index is 12.1. The first-order valence-corrected chi connectivity index (χ1v) is 11.4. The van der Waals surface area contributed by atoms with E-state index in [4.69, 9.17) is 9.47 Å². The van der Waals surface area contributed by atoms with Gasteiger partial charge >= 0.3 is 5.97 Å². The number of carbonyl (C=O) groups excluding carboxylic acids is 1.